The van der Waals surface area contributed by atoms with Crippen molar-refractivity contribution in [3.05, 3.63) is 39.4 Å². The van der Waals surface area contributed by atoms with E-state index < -0.39 is 15.8 Å². The summed E-state index contributed by atoms with van der Waals surface area (Å²) in [6.07, 6.45) is 3.64. The van der Waals surface area contributed by atoms with E-state index in [0.717, 1.165) is 43.0 Å². The molecule has 5 nitrogen and oxygen atoms in total. The Morgan fingerprint density at radius 2 is 2.00 bits per heavy atom. The maximum absolute atomic E-state index is 14.4. The van der Waals surface area contributed by atoms with Gasteiger partial charge in [0.2, 0.25) is 10.0 Å². The van der Waals surface area contributed by atoms with Crippen molar-refractivity contribution in [2.45, 2.75) is 32.6 Å². The van der Waals surface area contributed by atoms with E-state index in [4.69, 9.17) is 23.2 Å². The van der Waals surface area contributed by atoms with E-state index in [2.05, 4.69) is 9.82 Å². The number of halogens is 3. The molecule has 0 saturated heterocycles. The molecule has 130 valence electrons. The minimum Gasteiger partial charge on any atom is -0.282 e. The van der Waals surface area contributed by atoms with Crippen LogP contribution < -0.4 is 4.72 Å². The van der Waals surface area contributed by atoms with Gasteiger partial charge in [0.05, 0.1) is 22.2 Å². The van der Waals surface area contributed by atoms with E-state index in [1.807, 2.05) is 0 Å². The number of fused-ring (bicyclic) bond motifs is 1. The van der Waals surface area contributed by atoms with Gasteiger partial charge in [-0.3, -0.25) is 4.72 Å². The average Bonchev–Trinajstić information content (AvgIpc) is 2.87. The Morgan fingerprint density at radius 3 is 2.67 bits per heavy atom. The van der Waals surface area contributed by atoms with Crippen LogP contribution in [0, 0.1) is 5.82 Å². The molecule has 0 fully saturated rings. The SMILES string of the molecule is CCS(=O)(=O)Nc1cc(-n2nc3c(c2Cl)CCCC3)c(F)cc1Cl. The molecule has 0 bridgehead atoms. The maximum Gasteiger partial charge on any atom is 0.232 e. The Kier molecular flexibility index (Phi) is 4.77. The third-order valence-electron chi connectivity index (χ3n) is 4.00. The summed E-state index contributed by atoms with van der Waals surface area (Å²) < 4.78 is 41.6. The largest absolute Gasteiger partial charge is 0.282 e. The summed E-state index contributed by atoms with van der Waals surface area (Å²) in [4.78, 5) is 0. The first kappa shape index (κ1) is 17.5. The minimum atomic E-state index is -3.54. The summed E-state index contributed by atoms with van der Waals surface area (Å²) in [7, 11) is -3.54. The van der Waals surface area contributed by atoms with E-state index in [0.29, 0.717) is 5.15 Å². The highest BCUT2D eigenvalue weighted by molar-refractivity contribution is 7.92. The first-order valence-electron chi connectivity index (χ1n) is 7.58. The summed E-state index contributed by atoms with van der Waals surface area (Å²) >= 11 is 12.3. The molecule has 1 heterocycles. The van der Waals surface area contributed by atoms with Crippen molar-refractivity contribution in [3.63, 3.8) is 0 Å². The Morgan fingerprint density at radius 1 is 1.29 bits per heavy atom. The average molecular weight is 392 g/mol. The number of rotatable bonds is 4. The zero-order valence-electron chi connectivity index (χ0n) is 12.9. The fourth-order valence-corrected chi connectivity index (χ4v) is 3.93. The van der Waals surface area contributed by atoms with Gasteiger partial charge in [0.15, 0.2) is 5.82 Å². The molecule has 9 heteroatoms. The standard InChI is InChI=1S/C15H16Cl2FN3O2S/c1-2-24(22,23)20-13-8-14(11(18)7-10(13)16)21-15(17)9-5-3-4-6-12(9)19-21/h7-8,20H,2-6H2,1H3. The van der Waals surface area contributed by atoms with Crippen LogP contribution in [0.4, 0.5) is 10.1 Å². The third-order valence-corrected chi connectivity index (χ3v) is 6.00. The Labute approximate surface area is 149 Å². The number of nitrogens with one attached hydrogen (secondary N) is 1. The number of sulfonamides is 1. The molecule has 0 radical (unpaired) electrons. The fraction of sp³-hybridized carbons (Fsp3) is 0.400. The van der Waals surface area contributed by atoms with Crippen LogP contribution in [-0.2, 0) is 22.9 Å². The summed E-state index contributed by atoms with van der Waals surface area (Å²) in [6.45, 7) is 1.50. The summed E-state index contributed by atoms with van der Waals surface area (Å²) in [5, 5.41) is 4.72. The first-order chi connectivity index (χ1) is 11.3. The van der Waals surface area contributed by atoms with Gasteiger partial charge in [0.25, 0.3) is 0 Å². The number of nitrogens with zero attached hydrogens (tertiary/aromatic N) is 2. The van der Waals surface area contributed by atoms with Crippen molar-refractivity contribution in [3.8, 4) is 5.69 Å². The zero-order chi connectivity index (χ0) is 17.5. The highest BCUT2D eigenvalue weighted by atomic mass is 35.5. The Balaban J connectivity index is 2.10. The van der Waals surface area contributed by atoms with Crippen LogP contribution in [0.2, 0.25) is 10.2 Å². The quantitative estimate of drug-likeness (QED) is 0.857. The molecule has 1 aromatic carbocycles. The van der Waals surface area contributed by atoms with Gasteiger partial charge in [-0.25, -0.2) is 17.5 Å². The number of anilines is 1. The van der Waals surface area contributed by atoms with Gasteiger partial charge < -0.3 is 0 Å². The monoisotopic (exact) mass is 391 g/mol. The van der Waals surface area contributed by atoms with Gasteiger partial charge in [0.1, 0.15) is 10.8 Å². The fourth-order valence-electron chi connectivity index (χ4n) is 2.69. The lowest BCUT2D eigenvalue weighted by molar-refractivity contribution is 0.601. The van der Waals surface area contributed by atoms with Crippen LogP contribution >= 0.6 is 23.2 Å². The summed E-state index contributed by atoms with van der Waals surface area (Å²) in [5.74, 6) is -0.742. The summed E-state index contributed by atoms with van der Waals surface area (Å²) in [6, 6.07) is 2.37. The van der Waals surface area contributed by atoms with E-state index in [-0.39, 0.29) is 22.2 Å². The van der Waals surface area contributed by atoms with Crippen LogP contribution in [0.5, 0.6) is 0 Å². The van der Waals surface area contributed by atoms with Gasteiger partial charge in [-0.2, -0.15) is 5.10 Å². The molecule has 2 aromatic rings. The van der Waals surface area contributed by atoms with Gasteiger partial charge in [-0.05, 0) is 44.7 Å². The van der Waals surface area contributed by atoms with E-state index in [9.17, 15) is 12.8 Å². The number of benzene rings is 1. The predicted molar refractivity (Wildman–Crippen MR) is 93.3 cm³/mol. The van der Waals surface area contributed by atoms with E-state index >= 15 is 0 Å². The minimum absolute atomic E-state index is 0.0266. The van der Waals surface area contributed by atoms with E-state index in [1.54, 1.807) is 0 Å². The van der Waals surface area contributed by atoms with Gasteiger partial charge in [-0.1, -0.05) is 23.2 Å². The molecule has 1 N–H and O–H groups in total. The molecule has 0 atom stereocenters. The molecule has 1 aliphatic carbocycles. The molecular formula is C15H16Cl2FN3O2S. The molecule has 24 heavy (non-hydrogen) atoms. The number of aromatic nitrogens is 2. The Bertz CT molecular complexity index is 897. The van der Waals surface area contributed by atoms with Crippen LogP contribution in [0.3, 0.4) is 0 Å². The van der Waals surface area contributed by atoms with Crippen molar-refractivity contribution in [2.75, 3.05) is 10.5 Å². The second kappa shape index (κ2) is 6.54. The van der Waals surface area contributed by atoms with Crippen LogP contribution in [0.15, 0.2) is 12.1 Å². The molecule has 1 aliphatic rings. The molecule has 0 spiro atoms. The molecular weight excluding hydrogens is 376 g/mol. The maximum atomic E-state index is 14.4. The van der Waals surface area contributed by atoms with Crippen LogP contribution in [0.25, 0.3) is 5.69 Å². The van der Waals surface area contributed by atoms with Crippen molar-refractivity contribution in [1.82, 2.24) is 9.78 Å². The van der Waals surface area contributed by atoms with Gasteiger partial charge in [-0.15, -0.1) is 0 Å². The second-order valence-electron chi connectivity index (χ2n) is 5.62. The van der Waals surface area contributed by atoms with Crippen LogP contribution in [0.1, 0.15) is 31.0 Å². The molecule has 0 saturated carbocycles. The smallest absolute Gasteiger partial charge is 0.232 e. The lowest BCUT2D eigenvalue weighted by Gasteiger charge is -2.12. The van der Waals surface area contributed by atoms with Crippen molar-refractivity contribution in [2.24, 2.45) is 0 Å². The number of aryl methyl sites for hydroxylation is 1. The normalized spacial score (nSPS) is 14.5. The zero-order valence-corrected chi connectivity index (χ0v) is 15.3. The molecule has 0 amide bonds. The highest BCUT2D eigenvalue weighted by Crippen LogP contribution is 2.33. The van der Waals surface area contributed by atoms with Crippen molar-refractivity contribution < 1.29 is 12.8 Å². The lowest BCUT2D eigenvalue weighted by Crippen LogP contribution is -2.15. The molecule has 0 aliphatic heterocycles. The summed E-state index contributed by atoms with van der Waals surface area (Å²) in [5.41, 5.74) is 1.94. The molecule has 0 unspecified atom stereocenters. The predicted octanol–water partition coefficient (Wildman–Crippen LogP) is 3.96. The van der Waals surface area contributed by atoms with Crippen molar-refractivity contribution >= 4 is 38.9 Å². The molecule has 1 aromatic heterocycles. The Hall–Kier alpha value is -1.31. The molecule has 3 rings (SSSR count). The van der Waals surface area contributed by atoms with Gasteiger partial charge in [0, 0.05) is 5.56 Å². The van der Waals surface area contributed by atoms with Crippen LogP contribution in [-0.4, -0.2) is 24.0 Å². The highest BCUT2D eigenvalue weighted by Gasteiger charge is 2.23. The topological polar surface area (TPSA) is 64.0 Å². The number of hydrogen-bond acceptors (Lipinski definition) is 3. The first-order valence-corrected chi connectivity index (χ1v) is 9.99. The number of hydrogen-bond donors (Lipinski definition) is 1. The van der Waals surface area contributed by atoms with Gasteiger partial charge >= 0.3 is 0 Å². The lowest BCUT2D eigenvalue weighted by atomic mass is 9.99. The van der Waals surface area contributed by atoms with E-state index in [1.165, 1.54) is 17.7 Å². The third kappa shape index (κ3) is 3.25. The van der Waals surface area contributed by atoms with Crippen molar-refractivity contribution in [1.29, 1.82) is 0 Å². The second-order valence-corrected chi connectivity index (χ2v) is 8.40.